The van der Waals surface area contributed by atoms with Crippen LogP contribution >= 0.6 is 17.1 Å². The molecule has 3 fully saturated rings. The number of ether oxygens (including phenoxy) is 1. The molecule has 2 saturated heterocycles. The lowest BCUT2D eigenvalue weighted by Gasteiger charge is -2.37. The van der Waals surface area contributed by atoms with Crippen LogP contribution in [-0.2, 0) is 30.0 Å². The average Bonchev–Trinajstić information content (AvgIpc) is 3.23. The number of nitrogens with zero attached hydrogens (tertiary/aromatic N) is 2. The lowest BCUT2D eigenvalue weighted by molar-refractivity contribution is -0.0526. The molecule has 214 valence electrons. The van der Waals surface area contributed by atoms with Crippen molar-refractivity contribution in [2.75, 3.05) is 12.3 Å². The van der Waals surface area contributed by atoms with Crippen LogP contribution in [0.1, 0.15) is 60.1 Å². The van der Waals surface area contributed by atoms with Gasteiger partial charge in [-0.25, -0.2) is 4.79 Å². The molecule has 8 atom stereocenters. The fourth-order valence-corrected chi connectivity index (χ4v) is 13.5. The normalized spacial score (nSPS) is 37.8. The molecule has 3 N–H and O–H groups in total. The van der Waals surface area contributed by atoms with Crippen LogP contribution in [0, 0.1) is 5.92 Å². The molecule has 1 aromatic rings. The average molecular weight is 604 g/mol. The summed E-state index contributed by atoms with van der Waals surface area (Å²) in [6, 6.07) is 1.49. The highest BCUT2D eigenvalue weighted by molar-refractivity contribution is 8.68. The smallest absolute Gasteiger partial charge is 0.351 e. The maximum Gasteiger partial charge on any atom is 0.351 e. The molecular weight excluding hydrogens is 561 g/mol. The number of rotatable bonds is 7. The zero-order valence-electron chi connectivity index (χ0n) is 23.4. The van der Waals surface area contributed by atoms with Gasteiger partial charge >= 0.3 is 5.69 Å². The van der Waals surface area contributed by atoms with Crippen LogP contribution in [0.3, 0.4) is 0 Å². The van der Waals surface area contributed by atoms with E-state index in [0.29, 0.717) is 5.92 Å². The molecule has 0 aromatic carbocycles. The predicted octanol–water partition coefficient (Wildman–Crippen LogP) is 4.98. The van der Waals surface area contributed by atoms with Crippen molar-refractivity contribution in [3.63, 3.8) is 0 Å². The summed E-state index contributed by atoms with van der Waals surface area (Å²) in [6.07, 6.45) is 0.581. The molecule has 3 heterocycles. The molecular formula is C25H42N3O6PS2Si. The maximum absolute atomic E-state index is 12.6. The molecule has 3 aliphatic rings. The van der Waals surface area contributed by atoms with E-state index in [1.807, 2.05) is 0 Å². The standard InChI is InChI=1S/C25H42N3O6PS2Si/c1-15(2)16-9-11-25(6)18(13-16)33-35(36,37-25)34-21-17(14-31-38(7,8)24(3,4)5)32-22(20(21)29)28-12-10-19(26)27-23(28)30/h10,12,16-18,20-22,29H,1,9,11,13-14H2,2-8H3,(H2,26,27,30)/t16-,17-,18+,20-,21-,22-,25+,35-/m1/s1. The molecule has 0 spiro atoms. The van der Waals surface area contributed by atoms with Gasteiger partial charge in [-0.05, 0) is 75.0 Å². The van der Waals surface area contributed by atoms with Crippen molar-refractivity contribution in [1.29, 1.82) is 0 Å². The molecule has 1 saturated carbocycles. The number of nitrogens with two attached hydrogens (primary N) is 1. The molecule has 0 bridgehead atoms. The summed E-state index contributed by atoms with van der Waals surface area (Å²) in [4.78, 5) is 16.4. The molecule has 4 rings (SSSR count). The van der Waals surface area contributed by atoms with E-state index in [1.165, 1.54) is 16.8 Å². The Bertz CT molecular complexity index is 1180. The molecule has 0 amide bonds. The van der Waals surface area contributed by atoms with Crippen LogP contribution in [0.25, 0.3) is 0 Å². The first-order chi connectivity index (χ1) is 17.4. The Morgan fingerprint density at radius 3 is 2.76 bits per heavy atom. The minimum Gasteiger partial charge on any atom is -0.414 e. The SMILES string of the molecule is C=C(C)[C@@H]1CC[C@]2(C)S[P@@](=S)(O[C@H]3[C@@H](O)[C@H](n4ccc(N)nc4=O)O[C@@H]3CO[Si](C)(C)C(C)(C)C)O[C@H]2C1. The van der Waals surface area contributed by atoms with Crippen LogP contribution in [-0.4, -0.2) is 58.7 Å². The van der Waals surface area contributed by atoms with Crippen molar-refractivity contribution in [1.82, 2.24) is 9.55 Å². The Morgan fingerprint density at radius 2 is 2.16 bits per heavy atom. The summed E-state index contributed by atoms with van der Waals surface area (Å²) < 4.78 is 26.8. The summed E-state index contributed by atoms with van der Waals surface area (Å²) in [5, 5.41) is 11.4. The summed E-state index contributed by atoms with van der Waals surface area (Å²) in [6.45, 7) is 19.4. The number of hydrogen-bond donors (Lipinski definition) is 2. The first kappa shape index (κ1) is 30.4. The Balaban J connectivity index is 1.59. The number of hydrogen-bond acceptors (Lipinski definition) is 10. The highest BCUT2D eigenvalue weighted by atomic mass is 32.9. The number of aliphatic hydroxyl groups is 1. The van der Waals surface area contributed by atoms with Crippen molar-refractivity contribution in [3.05, 3.63) is 34.9 Å². The maximum atomic E-state index is 12.6. The third-order valence-corrected chi connectivity index (χ3v) is 18.8. The monoisotopic (exact) mass is 603 g/mol. The van der Waals surface area contributed by atoms with Crippen LogP contribution in [0.5, 0.6) is 0 Å². The zero-order chi connectivity index (χ0) is 28.3. The lowest BCUT2D eigenvalue weighted by Crippen LogP contribution is -2.45. The predicted molar refractivity (Wildman–Crippen MR) is 158 cm³/mol. The third kappa shape index (κ3) is 6.04. The van der Waals surface area contributed by atoms with E-state index in [1.54, 1.807) is 11.4 Å². The van der Waals surface area contributed by atoms with Crippen molar-refractivity contribution < 1.29 is 23.3 Å². The summed E-state index contributed by atoms with van der Waals surface area (Å²) in [5.74, 6) is 0.495. The number of anilines is 1. The first-order valence-electron chi connectivity index (χ1n) is 13.1. The molecule has 2 aliphatic heterocycles. The van der Waals surface area contributed by atoms with Gasteiger partial charge in [-0.15, -0.1) is 0 Å². The lowest BCUT2D eigenvalue weighted by atomic mass is 9.77. The topological polar surface area (TPSA) is 118 Å². The highest BCUT2D eigenvalue weighted by Crippen LogP contribution is 2.76. The van der Waals surface area contributed by atoms with E-state index < -0.39 is 44.2 Å². The molecule has 9 nitrogen and oxygen atoms in total. The van der Waals surface area contributed by atoms with Gasteiger partial charge in [-0.2, -0.15) is 4.98 Å². The summed E-state index contributed by atoms with van der Waals surface area (Å²) >= 11 is 7.62. The van der Waals surface area contributed by atoms with Gasteiger partial charge in [-0.1, -0.05) is 44.3 Å². The van der Waals surface area contributed by atoms with E-state index in [4.69, 9.17) is 35.8 Å². The Morgan fingerprint density at radius 1 is 1.47 bits per heavy atom. The van der Waals surface area contributed by atoms with Crippen molar-refractivity contribution >= 4 is 43.0 Å². The van der Waals surface area contributed by atoms with Crippen LogP contribution < -0.4 is 11.4 Å². The molecule has 38 heavy (non-hydrogen) atoms. The number of fused-ring (bicyclic) bond motifs is 1. The second kappa shape index (κ2) is 10.7. The first-order valence-corrected chi connectivity index (χ1v) is 20.1. The van der Waals surface area contributed by atoms with E-state index in [-0.39, 0.29) is 28.3 Å². The minimum absolute atomic E-state index is 0.0153. The van der Waals surface area contributed by atoms with E-state index in [2.05, 4.69) is 59.3 Å². The molecule has 0 radical (unpaired) electrons. The van der Waals surface area contributed by atoms with E-state index >= 15 is 0 Å². The molecule has 13 heteroatoms. The van der Waals surface area contributed by atoms with Crippen LogP contribution in [0.2, 0.25) is 18.1 Å². The van der Waals surface area contributed by atoms with Gasteiger partial charge in [0.25, 0.3) is 0 Å². The van der Waals surface area contributed by atoms with Gasteiger partial charge in [-0.3, -0.25) is 4.57 Å². The number of allylic oxidation sites excluding steroid dienone is 1. The second-order valence-corrected chi connectivity index (χ2v) is 23.9. The second-order valence-electron chi connectivity index (χ2n) is 12.5. The zero-order valence-corrected chi connectivity index (χ0v) is 26.9. The van der Waals surface area contributed by atoms with Crippen molar-refractivity contribution in [2.45, 2.75) is 107 Å². The fourth-order valence-electron chi connectivity index (χ4n) is 4.92. The van der Waals surface area contributed by atoms with Gasteiger partial charge in [0, 0.05) is 10.9 Å². The van der Waals surface area contributed by atoms with Crippen LogP contribution in [0.15, 0.2) is 29.2 Å². The molecule has 0 unspecified atom stereocenters. The Labute approximate surface area is 235 Å². The minimum atomic E-state index is -2.84. The van der Waals surface area contributed by atoms with Crippen molar-refractivity contribution in [2.24, 2.45) is 5.92 Å². The Hall–Kier alpha value is -0.563. The summed E-state index contributed by atoms with van der Waals surface area (Å²) in [7, 11) is -2.14. The van der Waals surface area contributed by atoms with Gasteiger partial charge in [0.1, 0.15) is 24.1 Å². The largest absolute Gasteiger partial charge is 0.414 e. The molecule has 1 aliphatic carbocycles. The fraction of sp³-hybridized carbons (Fsp3) is 0.760. The Kier molecular flexibility index (Phi) is 8.55. The van der Waals surface area contributed by atoms with Crippen molar-refractivity contribution in [3.8, 4) is 0 Å². The number of aromatic nitrogens is 2. The third-order valence-electron chi connectivity index (χ3n) is 8.54. The summed E-state index contributed by atoms with van der Waals surface area (Å²) in [5.41, 5.74) is 3.38. The number of nitrogen functional groups attached to an aromatic ring is 1. The molecule has 1 aromatic heterocycles. The van der Waals surface area contributed by atoms with Crippen LogP contribution in [0.4, 0.5) is 5.82 Å². The van der Waals surface area contributed by atoms with E-state index in [9.17, 15) is 9.90 Å². The van der Waals surface area contributed by atoms with Gasteiger partial charge in [0.05, 0.1) is 12.7 Å². The van der Waals surface area contributed by atoms with Gasteiger partial charge < -0.3 is 29.1 Å². The quantitative estimate of drug-likeness (QED) is 0.251. The number of aliphatic hydroxyl groups excluding tert-OH is 1. The van der Waals surface area contributed by atoms with Gasteiger partial charge in [0.15, 0.2) is 14.5 Å². The van der Waals surface area contributed by atoms with Gasteiger partial charge in [0.2, 0.25) is 5.69 Å². The van der Waals surface area contributed by atoms with E-state index in [0.717, 1.165) is 24.8 Å². The highest BCUT2D eigenvalue weighted by Gasteiger charge is 2.56.